The third-order valence-corrected chi connectivity index (χ3v) is 11.0. The zero-order valence-electron chi connectivity index (χ0n) is 26.1. The normalized spacial score (nSPS) is 12.7. The van der Waals surface area contributed by atoms with Crippen molar-refractivity contribution in [3.05, 3.63) is 128 Å². The first-order valence-electron chi connectivity index (χ1n) is 14.9. The Labute approximate surface area is 296 Å². The number of aryl methyl sites for hydroxylation is 1. The summed E-state index contributed by atoms with van der Waals surface area (Å²) in [6.07, 6.45) is 0.795. The Kier molecular flexibility index (Phi) is 12.6. The molecule has 2 atom stereocenters. The maximum atomic E-state index is 14.7. The van der Waals surface area contributed by atoms with Crippen LogP contribution in [0, 0.1) is 6.92 Å². The van der Waals surface area contributed by atoms with Gasteiger partial charge in [-0.05, 0) is 62.2 Å². The van der Waals surface area contributed by atoms with Crippen molar-refractivity contribution in [1.29, 1.82) is 0 Å². The number of nitrogens with zero attached hydrogens (tertiary/aromatic N) is 2. The van der Waals surface area contributed by atoms with Gasteiger partial charge in [0, 0.05) is 34.6 Å². The van der Waals surface area contributed by atoms with Crippen LogP contribution in [0.2, 0.25) is 20.1 Å². The van der Waals surface area contributed by atoms with Gasteiger partial charge in [0.25, 0.3) is 10.0 Å². The number of hydrogen-bond acceptors (Lipinski definition) is 4. The van der Waals surface area contributed by atoms with Gasteiger partial charge < -0.3 is 10.2 Å². The van der Waals surface area contributed by atoms with E-state index in [4.69, 9.17) is 46.4 Å². The number of hydrogen-bond donors (Lipinski definition) is 1. The molecule has 2 amide bonds. The van der Waals surface area contributed by atoms with Crippen LogP contribution in [-0.4, -0.2) is 43.8 Å². The molecule has 0 aliphatic rings. The third-order valence-electron chi connectivity index (χ3n) is 7.75. The van der Waals surface area contributed by atoms with E-state index in [1.807, 2.05) is 51.1 Å². The van der Waals surface area contributed by atoms with Crippen LogP contribution in [-0.2, 0) is 32.6 Å². The van der Waals surface area contributed by atoms with Gasteiger partial charge in [0.15, 0.2) is 0 Å². The monoisotopic (exact) mass is 733 g/mol. The van der Waals surface area contributed by atoms with Crippen molar-refractivity contribution in [1.82, 2.24) is 10.2 Å². The van der Waals surface area contributed by atoms with E-state index in [0.29, 0.717) is 12.0 Å². The number of carbonyl (C=O) groups excluding carboxylic acids is 2. The highest BCUT2D eigenvalue weighted by Gasteiger charge is 2.36. The maximum Gasteiger partial charge on any atom is 0.264 e. The Hall–Kier alpha value is -3.27. The van der Waals surface area contributed by atoms with E-state index in [1.165, 1.54) is 29.2 Å². The minimum absolute atomic E-state index is 0.00693. The Morgan fingerprint density at radius 2 is 1.40 bits per heavy atom. The molecular weight excluding hydrogens is 700 g/mol. The average Bonchev–Trinajstić information content (AvgIpc) is 3.04. The summed E-state index contributed by atoms with van der Waals surface area (Å²) >= 11 is 26.0. The topological polar surface area (TPSA) is 86.8 Å². The Balaban J connectivity index is 1.87. The van der Waals surface area contributed by atoms with Crippen LogP contribution in [0.1, 0.15) is 37.0 Å². The summed E-state index contributed by atoms with van der Waals surface area (Å²) < 4.78 is 29.4. The molecule has 4 aromatic rings. The number of anilines is 1. The molecule has 4 rings (SSSR count). The van der Waals surface area contributed by atoms with E-state index in [0.717, 1.165) is 15.4 Å². The smallest absolute Gasteiger partial charge is 0.264 e. The van der Waals surface area contributed by atoms with E-state index in [2.05, 4.69) is 5.32 Å². The molecule has 0 saturated carbocycles. The molecule has 0 spiro atoms. The fourth-order valence-corrected chi connectivity index (χ4v) is 7.28. The van der Waals surface area contributed by atoms with E-state index < -0.39 is 34.4 Å². The highest BCUT2D eigenvalue weighted by molar-refractivity contribution is 7.92. The molecule has 0 aliphatic carbocycles. The molecule has 0 aliphatic heterocycles. The van der Waals surface area contributed by atoms with Crippen LogP contribution in [0.3, 0.4) is 0 Å². The fraction of sp³-hybridized carbons (Fsp3) is 0.257. The molecule has 0 heterocycles. The quantitative estimate of drug-likeness (QED) is 0.150. The number of amides is 2. The lowest BCUT2D eigenvalue weighted by molar-refractivity contribution is -0.140. The van der Waals surface area contributed by atoms with Gasteiger partial charge in [-0.3, -0.25) is 13.9 Å². The first-order chi connectivity index (χ1) is 22.3. The second kappa shape index (κ2) is 16.2. The summed E-state index contributed by atoms with van der Waals surface area (Å²) in [6.45, 7) is 4.75. The molecule has 0 bridgehead atoms. The molecule has 0 aromatic heterocycles. The predicted molar refractivity (Wildman–Crippen MR) is 191 cm³/mol. The molecule has 0 saturated heterocycles. The number of sulfonamides is 1. The lowest BCUT2D eigenvalue weighted by Gasteiger charge is -2.35. The molecule has 0 unspecified atom stereocenters. The second-order valence-electron chi connectivity index (χ2n) is 11.1. The van der Waals surface area contributed by atoms with E-state index in [9.17, 15) is 18.0 Å². The molecule has 248 valence electrons. The molecule has 0 fully saturated rings. The summed E-state index contributed by atoms with van der Waals surface area (Å²) in [6, 6.07) is 23.7. The van der Waals surface area contributed by atoms with Gasteiger partial charge in [0.1, 0.15) is 12.6 Å². The van der Waals surface area contributed by atoms with Crippen LogP contribution in [0.25, 0.3) is 0 Å². The standard InChI is InChI=1S/C35H35Cl4N3O4S/c1-4-24(3)40-35(44)32(20-25-10-6-5-7-11-25)41(21-27-28(36)12-8-13-29(27)37)33(43)22-42(31-15-9-14-30(38)34(31)39)47(45,46)26-18-16-23(2)17-19-26/h5-19,24,32H,4,20-22H2,1-3H3,(H,40,44)/t24-,32+/m0/s1. The lowest BCUT2D eigenvalue weighted by Crippen LogP contribution is -2.54. The molecular formula is C35H35Cl4N3O4S. The summed E-state index contributed by atoms with van der Waals surface area (Å²) in [5.41, 5.74) is 2.06. The molecule has 1 N–H and O–H groups in total. The van der Waals surface area contributed by atoms with E-state index in [-0.39, 0.29) is 49.7 Å². The van der Waals surface area contributed by atoms with Crippen LogP contribution in [0.5, 0.6) is 0 Å². The number of halogens is 4. The largest absolute Gasteiger partial charge is 0.352 e. The van der Waals surface area contributed by atoms with Crippen molar-refractivity contribution in [2.45, 2.75) is 57.1 Å². The fourth-order valence-electron chi connectivity index (χ4n) is 4.88. The van der Waals surface area contributed by atoms with E-state index in [1.54, 1.807) is 36.4 Å². The number of rotatable bonds is 13. The minimum atomic E-state index is -4.37. The van der Waals surface area contributed by atoms with Gasteiger partial charge in [0.2, 0.25) is 11.8 Å². The van der Waals surface area contributed by atoms with Crippen LogP contribution in [0.15, 0.2) is 95.9 Å². The van der Waals surface area contributed by atoms with Crippen LogP contribution >= 0.6 is 46.4 Å². The molecule has 0 radical (unpaired) electrons. The minimum Gasteiger partial charge on any atom is -0.352 e. The second-order valence-corrected chi connectivity index (χ2v) is 14.6. The zero-order chi connectivity index (χ0) is 34.3. The van der Waals surface area contributed by atoms with Crippen LogP contribution < -0.4 is 9.62 Å². The molecule has 12 heteroatoms. The first kappa shape index (κ1) is 36.6. The highest BCUT2D eigenvalue weighted by atomic mass is 35.5. The van der Waals surface area contributed by atoms with E-state index >= 15 is 0 Å². The molecule has 4 aromatic carbocycles. The number of benzene rings is 4. The van der Waals surface area contributed by atoms with Gasteiger partial charge in [-0.15, -0.1) is 0 Å². The van der Waals surface area contributed by atoms with Gasteiger partial charge >= 0.3 is 0 Å². The highest BCUT2D eigenvalue weighted by Crippen LogP contribution is 2.36. The number of nitrogens with one attached hydrogen (secondary N) is 1. The van der Waals surface area contributed by atoms with Gasteiger partial charge in [0.05, 0.1) is 20.6 Å². The maximum absolute atomic E-state index is 14.7. The summed E-state index contributed by atoms with van der Waals surface area (Å²) in [5, 5.41) is 3.63. The number of carbonyl (C=O) groups is 2. The molecule has 47 heavy (non-hydrogen) atoms. The Morgan fingerprint density at radius 3 is 2.02 bits per heavy atom. The van der Waals surface area contributed by atoms with Crippen molar-refractivity contribution in [2.75, 3.05) is 10.8 Å². The van der Waals surface area contributed by atoms with Crippen molar-refractivity contribution in [3.63, 3.8) is 0 Å². The zero-order valence-corrected chi connectivity index (χ0v) is 29.9. The Morgan fingerprint density at radius 1 is 0.809 bits per heavy atom. The van der Waals surface area contributed by atoms with Crippen molar-refractivity contribution in [3.8, 4) is 0 Å². The van der Waals surface area contributed by atoms with Crippen molar-refractivity contribution < 1.29 is 18.0 Å². The first-order valence-corrected chi connectivity index (χ1v) is 17.9. The average molecular weight is 736 g/mol. The third kappa shape index (κ3) is 9.00. The van der Waals surface area contributed by atoms with Gasteiger partial charge in [-0.2, -0.15) is 0 Å². The summed E-state index contributed by atoms with van der Waals surface area (Å²) in [7, 11) is -4.37. The van der Waals surface area contributed by atoms with Crippen molar-refractivity contribution >= 4 is 73.9 Å². The van der Waals surface area contributed by atoms with Crippen LogP contribution in [0.4, 0.5) is 5.69 Å². The van der Waals surface area contributed by atoms with Crippen molar-refractivity contribution in [2.24, 2.45) is 0 Å². The predicted octanol–water partition coefficient (Wildman–Crippen LogP) is 8.36. The summed E-state index contributed by atoms with van der Waals surface area (Å²) in [5.74, 6) is -1.10. The van der Waals surface area contributed by atoms with Gasteiger partial charge in [-0.1, -0.05) is 113 Å². The SMILES string of the molecule is CC[C@H](C)NC(=O)[C@@H](Cc1ccccc1)N(Cc1c(Cl)cccc1Cl)C(=O)CN(c1cccc(Cl)c1Cl)S(=O)(=O)c1ccc(C)cc1. The lowest BCUT2D eigenvalue weighted by atomic mass is 10.0. The summed E-state index contributed by atoms with van der Waals surface area (Å²) in [4.78, 5) is 29.9. The Bertz CT molecular complexity index is 1800. The molecule has 7 nitrogen and oxygen atoms in total. The van der Waals surface area contributed by atoms with Gasteiger partial charge in [-0.25, -0.2) is 8.42 Å².